The lowest BCUT2D eigenvalue weighted by molar-refractivity contribution is 0.588. The van der Waals surface area contributed by atoms with Crippen molar-refractivity contribution in [2.75, 3.05) is 0 Å². The third-order valence-corrected chi connectivity index (χ3v) is 6.89. The second kappa shape index (κ2) is 10.3. The Kier molecular flexibility index (Phi) is 6.43. The molecule has 0 amide bonds. The van der Waals surface area contributed by atoms with Crippen LogP contribution in [-0.4, -0.2) is 20.6 Å². The van der Waals surface area contributed by atoms with Gasteiger partial charge in [0.15, 0.2) is 5.65 Å². The van der Waals surface area contributed by atoms with Gasteiger partial charge in [-0.15, -0.1) is 0 Å². The average molecular weight is 512 g/mol. The minimum absolute atomic E-state index is 0.217. The molecule has 6 rings (SSSR count). The Labute approximate surface area is 226 Å². The number of halogens is 1. The number of benzene rings is 4. The van der Waals surface area contributed by atoms with Gasteiger partial charge in [-0.25, -0.2) is 19.0 Å². The third-order valence-electron chi connectivity index (χ3n) is 6.89. The molecule has 0 saturated heterocycles. The molecule has 5 nitrogen and oxygen atoms in total. The van der Waals surface area contributed by atoms with Crippen molar-refractivity contribution in [3.63, 3.8) is 0 Å². The number of nitrogens with two attached hydrogens (primary N) is 1. The highest BCUT2D eigenvalue weighted by Crippen LogP contribution is 2.41. The van der Waals surface area contributed by atoms with E-state index in [1.165, 1.54) is 6.07 Å². The maximum atomic E-state index is 14.5. The van der Waals surface area contributed by atoms with Crippen LogP contribution in [0, 0.1) is 5.82 Å². The number of rotatable bonds is 7. The van der Waals surface area contributed by atoms with E-state index in [0.717, 1.165) is 22.1 Å². The summed E-state index contributed by atoms with van der Waals surface area (Å²) in [7, 11) is 0. The molecule has 2 N–H and O–H groups in total. The van der Waals surface area contributed by atoms with E-state index in [1.54, 1.807) is 23.0 Å². The van der Waals surface area contributed by atoms with Crippen molar-refractivity contribution in [1.29, 1.82) is 0 Å². The van der Waals surface area contributed by atoms with Crippen LogP contribution < -0.4 is 5.73 Å². The first kappa shape index (κ1) is 24.2. The van der Waals surface area contributed by atoms with Crippen LogP contribution in [0.15, 0.2) is 139 Å². The summed E-state index contributed by atoms with van der Waals surface area (Å²) in [4.78, 5) is 9.84. The summed E-state index contributed by atoms with van der Waals surface area (Å²) >= 11 is 0. The highest BCUT2D eigenvalue weighted by atomic mass is 19.1. The van der Waals surface area contributed by atoms with Crippen LogP contribution in [0.5, 0.6) is 0 Å². The van der Waals surface area contributed by atoms with Crippen molar-refractivity contribution in [2.45, 2.75) is 12.1 Å². The maximum absolute atomic E-state index is 14.5. The van der Waals surface area contributed by atoms with E-state index in [0.29, 0.717) is 16.9 Å². The Morgan fingerprint density at radius 1 is 0.718 bits per heavy atom. The molecule has 0 aliphatic heterocycles. The van der Waals surface area contributed by atoms with Crippen LogP contribution >= 0.6 is 0 Å². The topological polar surface area (TPSA) is 69.1 Å². The van der Waals surface area contributed by atoms with Crippen molar-refractivity contribution >= 4 is 16.9 Å². The molecule has 0 saturated carbocycles. The molecule has 0 aliphatic carbocycles. The molecule has 2 aromatic heterocycles. The van der Waals surface area contributed by atoms with Gasteiger partial charge in [-0.3, -0.25) is 0 Å². The summed E-state index contributed by atoms with van der Waals surface area (Å²) in [6, 6.07) is 40.8. The molecular weight excluding hydrogens is 485 g/mol. The van der Waals surface area contributed by atoms with E-state index in [4.69, 9.17) is 15.8 Å². The Balaban J connectivity index is 1.59. The quantitative estimate of drug-likeness (QED) is 0.155. The summed E-state index contributed by atoms with van der Waals surface area (Å²) in [5.41, 5.74) is 10.5. The molecule has 0 spiro atoms. The lowest BCUT2D eigenvalue weighted by atomic mass is 9.77. The molecule has 0 fully saturated rings. The van der Waals surface area contributed by atoms with E-state index in [2.05, 4.69) is 41.4 Å². The summed E-state index contributed by atoms with van der Waals surface area (Å²) in [6.07, 6.45) is 1.70. The SMILES string of the molecule is NC(=NC(c1ccccc1)(c1ccccc1)c1ccccc1)c1nn(Cc2ccccc2F)c2ncccc12. The first-order valence-corrected chi connectivity index (χ1v) is 12.7. The van der Waals surface area contributed by atoms with Gasteiger partial charge in [0.1, 0.15) is 22.9 Å². The fraction of sp³-hybridized carbons (Fsp3) is 0.0606. The normalized spacial score (nSPS) is 12.1. The minimum Gasteiger partial charge on any atom is -0.382 e. The fourth-order valence-corrected chi connectivity index (χ4v) is 5.06. The van der Waals surface area contributed by atoms with E-state index < -0.39 is 5.54 Å². The van der Waals surface area contributed by atoms with Gasteiger partial charge in [0.05, 0.1) is 11.9 Å². The summed E-state index contributed by atoms with van der Waals surface area (Å²) in [5, 5.41) is 5.57. The Bertz CT molecular complexity index is 1650. The molecule has 6 heteroatoms. The van der Waals surface area contributed by atoms with Gasteiger partial charge >= 0.3 is 0 Å². The van der Waals surface area contributed by atoms with Crippen LogP contribution in [0.3, 0.4) is 0 Å². The molecule has 39 heavy (non-hydrogen) atoms. The zero-order valence-electron chi connectivity index (χ0n) is 21.2. The molecule has 4 aromatic carbocycles. The molecule has 0 radical (unpaired) electrons. The summed E-state index contributed by atoms with van der Waals surface area (Å²) < 4.78 is 16.2. The predicted octanol–water partition coefficient (Wildman–Crippen LogP) is 6.32. The standard InChI is InChI=1S/C33H26FN5/c34-29-21-11-10-13-24(29)23-39-32-28(20-12-22-36-32)30(38-39)31(35)37-33(25-14-4-1-5-15-25,26-16-6-2-7-17-26)27-18-8-3-9-19-27/h1-22H,23H2,(H2,35,37). The summed E-state index contributed by atoms with van der Waals surface area (Å²) in [6.45, 7) is 0.217. The van der Waals surface area contributed by atoms with Gasteiger partial charge in [-0.05, 0) is 34.9 Å². The summed E-state index contributed by atoms with van der Waals surface area (Å²) in [5.74, 6) is -0.0339. The fourth-order valence-electron chi connectivity index (χ4n) is 5.06. The molecule has 0 aliphatic rings. The highest BCUT2D eigenvalue weighted by molar-refractivity contribution is 6.06. The molecule has 190 valence electrons. The van der Waals surface area contributed by atoms with Crippen molar-refractivity contribution in [3.05, 3.63) is 167 Å². The number of amidine groups is 1. The maximum Gasteiger partial charge on any atom is 0.158 e. The molecule has 0 bridgehead atoms. The molecule has 0 unspecified atom stereocenters. The van der Waals surface area contributed by atoms with Crippen molar-refractivity contribution < 1.29 is 4.39 Å². The first-order chi connectivity index (χ1) is 19.2. The number of hydrogen-bond donors (Lipinski definition) is 1. The zero-order chi connectivity index (χ0) is 26.7. The van der Waals surface area contributed by atoms with Crippen molar-refractivity contribution in [1.82, 2.24) is 14.8 Å². The zero-order valence-corrected chi connectivity index (χ0v) is 21.2. The van der Waals surface area contributed by atoms with E-state index in [9.17, 15) is 4.39 Å². The highest BCUT2D eigenvalue weighted by Gasteiger charge is 2.37. The number of aromatic nitrogens is 3. The van der Waals surface area contributed by atoms with E-state index in [1.807, 2.05) is 72.8 Å². The Morgan fingerprint density at radius 3 is 1.82 bits per heavy atom. The number of hydrogen-bond acceptors (Lipinski definition) is 3. The van der Waals surface area contributed by atoms with Crippen LogP contribution in [0.2, 0.25) is 0 Å². The molecule has 0 atom stereocenters. The second-order valence-electron chi connectivity index (χ2n) is 9.28. The first-order valence-electron chi connectivity index (χ1n) is 12.7. The van der Waals surface area contributed by atoms with Gasteiger partial charge in [0.2, 0.25) is 0 Å². The Morgan fingerprint density at radius 2 is 1.26 bits per heavy atom. The third kappa shape index (κ3) is 4.46. The average Bonchev–Trinajstić information content (AvgIpc) is 3.37. The molecule has 2 heterocycles. The number of aliphatic imine (C=N–C) groups is 1. The van der Waals surface area contributed by atoms with Gasteiger partial charge < -0.3 is 5.73 Å². The monoisotopic (exact) mass is 511 g/mol. The Hall–Kier alpha value is -5.10. The van der Waals surface area contributed by atoms with Gasteiger partial charge in [-0.2, -0.15) is 5.10 Å². The van der Waals surface area contributed by atoms with E-state index in [-0.39, 0.29) is 18.2 Å². The molecule has 6 aromatic rings. The van der Waals surface area contributed by atoms with Crippen LogP contribution in [0.4, 0.5) is 4.39 Å². The van der Waals surface area contributed by atoms with Crippen LogP contribution in [0.25, 0.3) is 11.0 Å². The van der Waals surface area contributed by atoms with Gasteiger partial charge in [0, 0.05) is 11.8 Å². The minimum atomic E-state index is -0.933. The number of fused-ring (bicyclic) bond motifs is 1. The van der Waals surface area contributed by atoms with E-state index >= 15 is 0 Å². The lowest BCUT2D eigenvalue weighted by Gasteiger charge is -2.32. The van der Waals surface area contributed by atoms with Crippen molar-refractivity contribution in [2.24, 2.45) is 10.7 Å². The number of nitrogens with zero attached hydrogens (tertiary/aromatic N) is 4. The lowest BCUT2D eigenvalue weighted by Crippen LogP contribution is -2.31. The van der Waals surface area contributed by atoms with Crippen molar-refractivity contribution in [3.8, 4) is 0 Å². The molecular formula is C33H26FN5. The largest absolute Gasteiger partial charge is 0.382 e. The van der Waals surface area contributed by atoms with Gasteiger partial charge in [0.25, 0.3) is 0 Å². The number of pyridine rings is 1. The second-order valence-corrected chi connectivity index (χ2v) is 9.28. The van der Waals surface area contributed by atoms with Crippen LogP contribution in [-0.2, 0) is 12.1 Å². The predicted molar refractivity (Wildman–Crippen MR) is 153 cm³/mol. The van der Waals surface area contributed by atoms with Crippen LogP contribution in [0.1, 0.15) is 27.9 Å². The smallest absolute Gasteiger partial charge is 0.158 e. The van der Waals surface area contributed by atoms with Gasteiger partial charge in [-0.1, -0.05) is 109 Å².